The maximum atomic E-state index is 13.3. The summed E-state index contributed by atoms with van der Waals surface area (Å²) in [5, 5.41) is 0. The van der Waals surface area contributed by atoms with Gasteiger partial charge in [0.15, 0.2) is 0 Å². The average Bonchev–Trinajstić information content (AvgIpc) is 2.58. The van der Waals surface area contributed by atoms with E-state index in [0.29, 0.717) is 26.2 Å². The van der Waals surface area contributed by atoms with Gasteiger partial charge in [0.2, 0.25) is 0 Å². The molecule has 0 amide bonds. The van der Waals surface area contributed by atoms with Crippen LogP contribution in [0.3, 0.4) is 0 Å². The molecular formula is C18H31N3O3S. The van der Waals surface area contributed by atoms with Crippen LogP contribution in [0.15, 0.2) is 24.3 Å². The van der Waals surface area contributed by atoms with Gasteiger partial charge in [-0.15, -0.1) is 0 Å². The first-order chi connectivity index (χ1) is 11.8. The molecule has 25 heavy (non-hydrogen) atoms. The highest BCUT2D eigenvalue weighted by molar-refractivity contribution is 7.86. The Morgan fingerprint density at radius 1 is 1.24 bits per heavy atom. The third-order valence-corrected chi connectivity index (χ3v) is 6.75. The molecule has 1 saturated heterocycles. The van der Waals surface area contributed by atoms with Crippen molar-refractivity contribution in [2.75, 3.05) is 40.8 Å². The van der Waals surface area contributed by atoms with Gasteiger partial charge in [-0.1, -0.05) is 18.6 Å². The summed E-state index contributed by atoms with van der Waals surface area (Å²) in [6.45, 7) is 4.13. The fourth-order valence-electron chi connectivity index (χ4n) is 3.12. The quantitative estimate of drug-likeness (QED) is 0.705. The first-order valence-electron chi connectivity index (χ1n) is 8.89. The average molecular weight is 370 g/mol. The second-order valence-corrected chi connectivity index (χ2v) is 8.83. The van der Waals surface area contributed by atoms with Gasteiger partial charge >= 0.3 is 0 Å². The van der Waals surface area contributed by atoms with E-state index in [2.05, 4.69) is 0 Å². The van der Waals surface area contributed by atoms with Crippen LogP contribution in [-0.2, 0) is 16.8 Å². The molecule has 1 aromatic rings. The SMILES string of the molecule is COc1cccc(CN(CCN(C)C)S(=O)(=O)N2CCCCC2C)c1. The van der Waals surface area contributed by atoms with Crippen LogP contribution in [0.4, 0.5) is 0 Å². The van der Waals surface area contributed by atoms with Gasteiger partial charge < -0.3 is 9.64 Å². The molecule has 1 fully saturated rings. The molecule has 1 aromatic carbocycles. The van der Waals surface area contributed by atoms with E-state index in [0.717, 1.165) is 30.6 Å². The fourth-order valence-corrected chi connectivity index (χ4v) is 4.97. The van der Waals surface area contributed by atoms with Crippen molar-refractivity contribution in [3.05, 3.63) is 29.8 Å². The van der Waals surface area contributed by atoms with Gasteiger partial charge in [0.25, 0.3) is 10.2 Å². The van der Waals surface area contributed by atoms with E-state index >= 15 is 0 Å². The molecule has 0 aliphatic carbocycles. The summed E-state index contributed by atoms with van der Waals surface area (Å²) in [5.74, 6) is 0.744. The minimum atomic E-state index is -3.49. The zero-order valence-corrected chi connectivity index (χ0v) is 16.6. The van der Waals surface area contributed by atoms with Gasteiger partial charge in [-0.05, 0) is 51.6 Å². The summed E-state index contributed by atoms with van der Waals surface area (Å²) in [5.41, 5.74) is 0.936. The van der Waals surface area contributed by atoms with Gasteiger partial charge in [0.1, 0.15) is 5.75 Å². The highest BCUT2D eigenvalue weighted by atomic mass is 32.2. The molecule has 0 bridgehead atoms. The van der Waals surface area contributed by atoms with E-state index in [1.165, 1.54) is 0 Å². The molecule has 1 atom stereocenters. The van der Waals surface area contributed by atoms with E-state index < -0.39 is 10.2 Å². The van der Waals surface area contributed by atoms with E-state index in [-0.39, 0.29) is 6.04 Å². The minimum Gasteiger partial charge on any atom is -0.497 e. The predicted octanol–water partition coefficient (Wildman–Crippen LogP) is 2.18. The van der Waals surface area contributed by atoms with Crippen LogP contribution in [0.2, 0.25) is 0 Å². The Morgan fingerprint density at radius 3 is 2.64 bits per heavy atom. The first-order valence-corrected chi connectivity index (χ1v) is 10.3. The van der Waals surface area contributed by atoms with E-state index in [1.807, 2.05) is 50.2 Å². The standard InChI is InChI=1S/C18H31N3O3S/c1-16-8-5-6-11-21(16)25(22,23)20(13-12-19(2)3)15-17-9-7-10-18(14-17)24-4/h7,9-10,14,16H,5-6,8,11-13,15H2,1-4H3. The molecule has 0 aromatic heterocycles. The third-order valence-electron chi connectivity index (χ3n) is 4.65. The zero-order chi connectivity index (χ0) is 18.4. The lowest BCUT2D eigenvalue weighted by atomic mass is 10.1. The van der Waals surface area contributed by atoms with Gasteiger partial charge in [0.05, 0.1) is 7.11 Å². The van der Waals surface area contributed by atoms with Crippen LogP contribution in [0, 0.1) is 0 Å². The number of rotatable bonds is 8. The lowest BCUT2D eigenvalue weighted by molar-refractivity contribution is 0.236. The lowest BCUT2D eigenvalue weighted by Gasteiger charge is -2.36. The first kappa shape index (κ1) is 20.2. The topological polar surface area (TPSA) is 53.1 Å². The Bertz CT molecular complexity index is 649. The zero-order valence-electron chi connectivity index (χ0n) is 15.8. The van der Waals surface area contributed by atoms with E-state index in [9.17, 15) is 8.42 Å². The van der Waals surface area contributed by atoms with Crippen molar-refractivity contribution >= 4 is 10.2 Å². The maximum absolute atomic E-state index is 13.3. The molecule has 1 aliphatic heterocycles. The smallest absolute Gasteiger partial charge is 0.282 e. The number of benzene rings is 1. The number of likely N-dealkylation sites (N-methyl/N-ethyl adjacent to an activating group) is 1. The van der Waals surface area contributed by atoms with Crippen molar-refractivity contribution in [2.24, 2.45) is 0 Å². The number of piperidine rings is 1. The fraction of sp³-hybridized carbons (Fsp3) is 0.667. The van der Waals surface area contributed by atoms with E-state index in [4.69, 9.17) is 4.74 Å². The van der Waals surface area contributed by atoms with Crippen molar-refractivity contribution in [3.8, 4) is 5.75 Å². The Labute approximate surface area is 152 Å². The van der Waals surface area contributed by atoms with Gasteiger partial charge in [0, 0.05) is 32.2 Å². The number of ether oxygens (including phenoxy) is 1. The number of methoxy groups -OCH3 is 1. The largest absolute Gasteiger partial charge is 0.497 e. The summed E-state index contributed by atoms with van der Waals surface area (Å²) in [4.78, 5) is 2.01. The number of nitrogens with zero attached hydrogens (tertiary/aromatic N) is 3. The Balaban J connectivity index is 2.24. The Hall–Kier alpha value is -1.15. The molecule has 1 heterocycles. The van der Waals surface area contributed by atoms with Crippen LogP contribution >= 0.6 is 0 Å². The van der Waals surface area contributed by atoms with Crippen LogP contribution in [0.25, 0.3) is 0 Å². The molecule has 2 rings (SSSR count). The maximum Gasteiger partial charge on any atom is 0.282 e. The van der Waals surface area contributed by atoms with Crippen molar-refractivity contribution in [1.82, 2.24) is 13.5 Å². The highest BCUT2D eigenvalue weighted by Gasteiger charge is 2.34. The molecule has 6 nitrogen and oxygen atoms in total. The summed E-state index contributed by atoms with van der Waals surface area (Å²) in [7, 11) is 2.05. The number of hydrogen-bond donors (Lipinski definition) is 0. The lowest BCUT2D eigenvalue weighted by Crippen LogP contribution is -2.50. The third kappa shape index (κ3) is 5.41. The molecular weight excluding hydrogens is 338 g/mol. The highest BCUT2D eigenvalue weighted by Crippen LogP contribution is 2.24. The Morgan fingerprint density at radius 2 is 2.00 bits per heavy atom. The van der Waals surface area contributed by atoms with Crippen LogP contribution in [0.5, 0.6) is 5.75 Å². The van der Waals surface area contributed by atoms with Gasteiger partial charge in [-0.3, -0.25) is 0 Å². The second-order valence-electron chi connectivity index (χ2n) is 6.95. The normalized spacial score (nSPS) is 19.5. The molecule has 7 heteroatoms. The summed E-state index contributed by atoms with van der Waals surface area (Å²) < 4.78 is 35.1. The Kier molecular flexibility index (Phi) is 7.25. The molecule has 0 saturated carbocycles. The number of hydrogen-bond acceptors (Lipinski definition) is 4. The monoisotopic (exact) mass is 369 g/mol. The molecule has 0 spiro atoms. The molecule has 0 radical (unpaired) electrons. The van der Waals surface area contributed by atoms with Crippen molar-refractivity contribution in [2.45, 2.75) is 38.8 Å². The summed E-state index contributed by atoms with van der Waals surface area (Å²) in [6.07, 6.45) is 2.96. The molecule has 0 N–H and O–H groups in total. The minimum absolute atomic E-state index is 0.0610. The van der Waals surface area contributed by atoms with Gasteiger partial charge in [-0.25, -0.2) is 0 Å². The molecule has 1 aliphatic rings. The molecule has 1 unspecified atom stereocenters. The summed E-state index contributed by atoms with van der Waals surface area (Å²) in [6, 6.07) is 7.67. The van der Waals surface area contributed by atoms with Crippen molar-refractivity contribution < 1.29 is 13.2 Å². The van der Waals surface area contributed by atoms with Crippen LogP contribution in [0.1, 0.15) is 31.7 Å². The predicted molar refractivity (Wildman–Crippen MR) is 101 cm³/mol. The van der Waals surface area contributed by atoms with Crippen LogP contribution in [-0.4, -0.2) is 68.8 Å². The van der Waals surface area contributed by atoms with Crippen molar-refractivity contribution in [1.29, 1.82) is 0 Å². The second kappa shape index (κ2) is 8.98. The van der Waals surface area contributed by atoms with Crippen molar-refractivity contribution in [3.63, 3.8) is 0 Å². The van der Waals surface area contributed by atoms with Gasteiger partial charge in [-0.2, -0.15) is 17.0 Å². The molecule has 142 valence electrons. The van der Waals surface area contributed by atoms with Crippen LogP contribution < -0.4 is 4.74 Å². The summed E-state index contributed by atoms with van der Waals surface area (Å²) >= 11 is 0. The van der Waals surface area contributed by atoms with E-state index in [1.54, 1.807) is 15.7 Å².